The van der Waals surface area contributed by atoms with Gasteiger partial charge in [-0.2, -0.15) is 10.1 Å². The van der Waals surface area contributed by atoms with Crippen molar-refractivity contribution >= 4 is 16.8 Å². The molecule has 25 heavy (non-hydrogen) atoms. The Labute approximate surface area is 144 Å². The summed E-state index contributed by atoms with van der Waals surface area (Å²) in [6.07, 6.45) is 1.55. The molecule has 0 bridgehead atoms. The van der Waals surface area contributed by atoms with Crippen LogP contribution in [0.3, 0.4) is 0 Å². The first-order valence-electron chi connectivity index (χ1n) is 8.25. The minimum absolute atomic E-state index is 0.0511. The van der Waals surface area contributed by atoms with E-state index in [2.05, 4.69) is 15.2 Å². The van der Waals surface area contributed by atoms with Crippen molar-refractivity contribution in [3.8, 4) is 0 Å². The molecular weight excluding hydrogens is 322 g/mol. The average molecular weight is 341 g/mol. The minimum atomic E-state index is -0.385. The molecule has 0 N–H and O–H groups in total. The molecule has 0 saturated carbocycles. The van der Waals surface area contributed by atoms with Crippen LogP contribution in [0, 0.1) is 6.92 Å². The Balaban J connectivity index is 1.61. The molecule has 2 atom stereocenters. The van der Waals surface area contributed by atoms with Gasteiger partial charge in [0.05, 0.1) is 24.4 Å². The number of nitrogens with zero attached hydrogens (tertiary/aromatic N) is 5. The van der Waals surface area contributed by atoms with Crippen molar-refractivity contribution in [2.45, 2.75) is 32.5 Å². The minimum Gasteiger partial charge on any atom is -0.374 e. The van der Waals surface area contributed by atoms with E-state index in [0.717, 1.165) is 10.9 Å². The molecule has 1 aromatic carbocycles. The zero-order valence-corrected chi connectivity index (χ0v) is 14.1. The number of carbonyl (C=O) groups excluding carboxylic acids is 1. The topological polar surface area (TPSA) is 86.3 Å². The van der Waals surface area contributed by atoms with Crippen molar-refractivity contribution < 1.29 is 14.1 Å². The number of rotatable bonds is 3. The van der Waals surface area contributed by atoms with Gasteiger partial charge in [0.1, 0.15) is 12.6 Å². The second-order valence-corrected chi connectivity index (χ2v) is 6.15. The van der Waals surface area contributed by atoms with E-state index in [1.807, 2.05) is 31.2 Å². The molecule has 0 spiro atoms. The molecule has 130 valence electrons. The first kappa shape index (κ1) is 15.8. The van der Waals surface area contributed by atoms with E-state index in [9.17, 15) is 4.79 Å². The molecule has 0 radical (unpaired) electrons. The lowest BCUT2D eigenvalue weighted by molar-refractivity contribution is -0.148. The van der Waals surface area contributed by atoms with E-state index >= 15 is 0 Å². The number of aryl methyl sites for hydroxylation is 1. The van der Waals surface area contributed by atoms with Gasteiger partial charge in [-0.3, -0.25) is 9.48 Å². The summed E-state index contributed by atoms with van der Waals surface area (Å²) in [6, 6.07) is 7.43. The van der Waals surface area contributed by atoms with Crippen LogP contribution in [0.5, 0.6) is 0 Å². The Bertz CT molecular complexity index is 902. The molecule has 2 aromatic heterocycles. The van der Waals surface area contributed by atoms with Crippen molar-refractivity contribution in [3.05, 3.63) is 42.2 Å². The number of benzene rings is 1. The maximum absolute atomic E-state index is 13.0. The van der Waals surface area contributed by atoms with Crippen molar-refractivity contribution in [1.29, 1.82) is 0 Å². The lowest BCUT2D eigenvalue weighted by Crippen LogP contribution is -2.48. The van der Waals surface area contributed by atoms with Gasteiger partial charge < -0.3 is 14.2 Å². The second-order valence-electron chi connectivity index (χ2n) is 6.15. The number of morpholine rings is 1. The maximum Gasteiger partial charge on any atom is 0.252 e. The Kier molecular flexibility index (Phi) is 3.96. The van der Waals surface area contributed by atoms with Crippen LogP contribution in [-0.4, -0.2) is 50.0 Å². The van der Waals surface area contributed by atoms with E-state index < -0.39 is 0 Å². The van der Waals surface area contributed by atoms with Gasteiger partial charge in [-0.15, -0.1) is 0 Å². The molecule has 3 heterocycles. The summed E-state index contributed by atoms with van der Waals surface area (Å²) >= 11 is 0. The molecule has 1 aliphatic rings. The summed E-state index contributed by atoms with van der Waals surface area (Å²) in [7, 11) is 0. The van der Waals surface area contributed by atoms with Crippen LogP contribution in [0.1, 0.15) is 24.7 Å². The van der Waals surface area contributed by atoms with Crippen LogP contribution in [0.2, 0.25) is 0 Å². The van der Waals surface area contributed by atoms with Crippen molar-refractivity contribution in [1.82, 2.24) is 24.8 Å². The standard InChI is InChI=1S/C17H19N5O3/c1-11-16(17-19-12(2)20-25-17)21(7-8-24-11)15(23)10-22-14-6-4-3-5-13(14)9-18-22/h3-6,9,11,16H,7-8,10H2,1-2H3/t11-,16+/m1/s1. The van der Waals surface area contributed by atoms with E-state index in [1.165, 1.54) is 0 Å². The SMILES string of the molecule is Cc1noc([C@@H]2[C@@H](C)OCCN2C(=O)Cn2ncc3ccccc32)n1. The lowest BCUT2D eigenvalue weighted by Gasteiger charge is -2.37. The van der Waals surface area contributed by atoms with Crippen LogP contribution in [0.4, 0.5) is 0 Å². The second kappa shape index (κ2) is 6.29. The first-order chi connectivity index (χ1) is 12.1. The maximum atomic E-state index is 13.0. The zero-order chi connectivity index (χ0) is 17.4. The Hall–Kier alpha value is -2.74. The quantitative estimate of drug-likeness (QED) is 0.721. The van der Waals surface area contributed by atoms with Crippen molar-refractivity contribution in [3.63, 3.8) is 0 Å². The van der Waals surface area contributed by atoms with E-state index in [4.69, 9.17) is 9.26 Å². The predicted octanol–water partition coefficient (Wildman–Crippen LogP) is 1.72. The first-order valence-corrected chi connectivity index (χ1v) is 8.25. The molecular formula is C17H19N5O3. The van der Waals surface area contributed by atoms with Crippen LogP contribution in [0.15, 0.2) is 35.0 Å². The molecule has 4 rings (SSSR count). The molecule has 1 amide bonds. The lowest BCUT2D eigenvalue weighted by atomic mass is 10.1. The van der Waals surface area contributed by atoms with E-state index in [0.29, 0.717) is 24.9 Å². The van der Waals surface area contributed by atoms with Crippen LogP contribution in [-0.2, 0) is 16.1 Å². The van der Waals surface area contributed by atoms with Gasteiger partial charge in [0.15, 0.2) is 5.82 Å². The Morgan fingerprint density at radius 1 is 1.36 bits per heavy atom. The van der Waals surface area contributed by atoms with Crippen molar-refractivity contribution in [2.75, 3.05) is 13.2 Å². The fourth-order valence-electron chi connectivity index (χ4n) is 3.24. The van der Waals surface area contributed by atoms with Gasteiger partial charge in [-0.25, -0.2) is 0 Å². The van der Waals surface area contributed by atoms with Crippen LogP contribution < -0.4 is 0 Å². The van der Waals surface area contributed by atoms with Crippen LogP contribution >= 0.6 is 0 Å². The van der Waals surface area contributed by atoms with Crippen molar-refractivity contribution in [2.24, 2.45) is 0 Å². The third-order valence-electron chi connectivity index (χ3n) is 4.45. The summed E-state index contributed by atoms with van der Waals surface area (Å²) in [5.41, 5.74) is 0.933. The Morgan fingerprint density at radius 3 is 3.00 bits per heavy atom. The number of fused-ring (bicyclic) bond motifs is 1. The summed E-state index contributed by atoms with van der Waals surface area (Å²) in [5, 5.41) is 9.19. The normalized spacial score (nSPS) is 21.0. The molecule has 0 aliphatic carbocycles. The van der Waals surface area contributed by atoms with Gasteiger partial charge in [0.2, 0.25) is 5.91 Å². The highest BCUT2D eigenvalue weighted by Crippen LogP contribution is 2.29. The van der Waals surface area contributed by atoms with E-state index in [1.54, 1.807) is 22.7 Å². The molecule has 1 aliphatic heterocycles. The summed E-state index contributed by atoms with van der Waals surface area (Å²) < 4.78 is 12.7. The molecule has 1 saturated heterocycles. The van der Waals surface area contributed by atoms with Gasteiger partial charge in [-0.1, -0.05) is 23.4 Å². The predicted molar refractivity (Wildman–Crippen MR) is 88.6 cm³/mol. The van der Waals surface area contributed by atoms with Gasteiger partial charge in [-0.05, 0) is 19.9 Å². The number of carbonyl (C=O) groups is 1. The molecule has 8 nitrogen and oxygen atoms in total. The summed E-state index contributed by atoms with van der Waals surface area (Å²) in [5.74, 6) is 0.895. The molecule has 8 heteroatoms. The Morgan fingerprint density at radius 2 is 2.20 bits per heavy atom. The molecule has 1 fully saturated rings. The summed E-state index contributed by atoms with van der Waals surface area (Å²) in [4.78, 5) is 19.0. The van der Waals surface area contributed by atoms with Crippen LogP contribution in [0.25, 0.3) is 10.9 Å². The zero-order valence-electron chi connectivity index (χ0n) is 14.1. The molecule has 3 aromatic rings. The van der Waals surface area contributed by atoms with E-state index in [-0.39, 0.29) is 24.6 Å². The number of aromatic nitrogens is 4. The number of ether oxygens (including phenoxy) is 1. The fourth-order valence-corrected chi connectivity index (χ4v) is 3.24. The molecule has 0 unspecified atom stereocenters. The van der Waals surface area contributed by atoms with Gasteiger partial charge in [0.25, 0.3) is 5.89 Å². The largest absolute Gasteiger partial charge is 0.374 e. The number of amides is 1. The highest BCUT2D eigenvalue weighted by Gasteiger charge is 2.37. The fraction of sp³-hybridized carbons (Fsp3) is 0.412. The third kappa shape index (κ3) is 2.89. The summed E-state index contributed by atoms with van der Waals surface area (Å²) in [6.45, 7) is 4.78. The number of para-hydroxylation sites is 1. The highest BCUT2D eigenvalue weighted by molar-refractivity contribution is 5.82. The average Bonchev–Trinajstić information content (AvgIpc) is 3.21. The highest BCUT2D eigenvalue weighted by atomic mass is 16.5. The number of hydrogen-bond acceptors (Lipinski definition) is 6. The third-order valence-corrected chi connectivity index (χ3v) is 4.45. The monoisotopic (exact) mass is 341 g/mol. The number of hydrogen-bond donors (Lipinski definition) is 0. The van der Waals surface area contributed by atoms with Gasteiger partial charge >= 0.3 is 0 Å². The van der Waals surface area contributed by atoms with Gasteiger partial charge in [0, 0.05) is 11.9 Å². The smallest absolute Gasteiger partial charge is 0.252 e.